The lowest BCUT2D eigenvalue weighted by molar-refractivity contribution is 0.658. The van der Waals surface area contributed by atoms with Crippen molar-refractivity contribution < 1.29 is 8.83 Å². The maximum absolute atomic E-state index is 6.56. The highest BCUT2D eigenvalue weighted by molar-refractivity contribution is 6.24. The topological polar surface area (TPSA) is 52.1 Å². The van der Waals surface area contributed by atoms with E-state index in [9.17, 15) is 0 Å². The Morgan fingerprint density at radius 3 is 1.52 bits per heavy atom. The van der Waals surface area contributed by atoms with Crippen LogP contribution in [0.25, 0.3) is 110 Å². The molecule has 0 fully saturated rings. The van der Waals surface area contributed by atoms with Crippen molar-refractivity contribution in [2.45, 2.75) is 0 Å². The minimum absolute atomic E-state index is 0.834. The molecule has 0 amide bonds. The molecule has 50 heavy (non-hydrogen) atoms. The third-order valence-corrected chi connectivity index (χ3v) is 10.1. The van der Waals surface area contributed by atoms with E-state index in [-0.39, 0.29) is 0 Å². The Labute approximate surface area is 285 Å². The van der Waals surface area contributed by atoms with E-state index in [1.54, 1.807) is 0 Å². The average molecular weight is 639 g/mol. The lowest BCUT2D eigenvalue weighted by atomic mass is 9.95. The van der Waals surface area contributed by atoms with Crippen molar-refractivity contribution in [3.05, 3.63) is 158 Å². The van der Waals surface area contributed by atoms with Gasteiger partial charge in [-0.05, 0) is 51.7 Å². The van der Waals surface area contributed by atoms with Crippen LogP contribution in [0.4, 0.5) is 0 Å². The SMILES string of the molecule is c1cc(-c2ccc(-c3cnc4c5ccccc5c5ccccc5c4n3)cc2)cc(-c2c3oc4ccccc4c3cc3c2oc2ccccc23)c1. The molecular formula is C46H26N2O2. The second-order valence-corrected chi connectivity index (χ2v) is 12.9. The number of fused-ring (bicyclic) bond motifs is 12. The fourth-order valence-corrected chi connectivity index (χ4v) is 7.75. The van der Waals surface area contributed by atoms with Crippen LogP contribution in [0.5, 0.6) is 0 Å². The standard InChI is InChI=1S/C46H26N2O2/c1-3-16-35-31(12-1)32-13-2-4-17-36(32)44-43(35)47-26-39(48-44)28-22-20-27(21-23-28)29-10-9-11-30(24-29)42-45-37(33-14-5-7-18-40(33)49-45)25-38-34-15-6-8-19-41(34)50-46(38)42/h1-26H. The molecule has 4 heteroatoms. The highest BCUT2D eigenvalue weighted by Gasteiger charge is 2.21. The summed E-state index contributed by atoms with van der Waals surface area (Å²) in [6.07, 6.45) is 1.89. The predicted octanol–water partition coefficient (Wildman–Crippen LogP) is 12.7. The number of nitrogens with zero attached hydrogens (tertiary/aromatic N) is 2. The van der Waals surface area contributed by atoms with Crippen LogP contribution in [0.2, 0.25) is 0 Å². The molecule has 0 aliphatic carbocycles. The zero-order chi connectivity index (χ0) is 32.8. The predicted molar refractivity (Wildman–Crippen MR) is 205 cm³/mol. The summed E-state index contributed by atoms with van der Waals surface area (Å²) in [6, 6.07) is 52.8. The summed E-state index contributed by atoms with van der Waals surface area (Å²) < 4.78 is 13.1. The van der Waals surface area contributed by atoms with Gasteiger partial charge in [-0.2, -0.15) is 0 Å². The molecule has 0 unspecified atom stereocenters. The Morgan fingerprint density at radius 2 is 0.880 bits per heavy atom. The second-order valence-electron chi connectivity index (χ2n) is 12.9. The summed E-state index contributed by atoms with van der Waals surface area (Å²) >= 11 is 0. The van der Waals surface area contributed by atoms with E-state index in [2.05, 4.69) is 127 Å². The summed E-state index contributed by atoms with van der Waals surface area (Å²) in [5.74, 6) is 0. The molecular weight excluding hydrogens is 613 g/mol. The Bertz CT molecular complexity index is 3030. The fraction of sp³-hybridized carbons (Fsp3) is 0. The highest BCUT2D eigenvalue weighted by Crippen LogP contribution is 2.45. The van der Waals surface area contributed by atoms with Crippen molar-refractivity contribution in [3.8, 4) is 33.5 Å². The van der Waals surface area contributed by atoms with Crippen molar-refractivity contribution in [3.63, 3.8) is 0 Å². The van der Waals surface area contributed by atoms with E-state index in [1.165, 1.54) is 10.8 Å². The first-order valence-electron chi connectivity index (χ1n) is 16.8. The zero-order valence-electron chi connectivity index (χ0n) is 26.7. The lowest BCUT2D eigenvalue weighted by Crippen LogP contribution is -1.92. The fourth-order valence-electron chi connectivity index (χ4n) is 7.75. The number of hydrogen-bond acceptors (Lipinski definition) is 4. The smallest absolute Gasteiger partial charge is 0.147 e. The van der Waals surface area contributed by atoms with Gasteiger partial charge in [0.2, 0.25) is 0 Å². The molecule has 0 saturated heterocycles. The molecule has 0 N–H and O–H groups in total. The maximum Gasteiger partial charge on any atom is 0.147 e. The number of benzene rings is 8. The molecule has 0 radical (unpaired) electrons. The molecule has 8 aromatic carbocycles. The highest BCUT2D eigenvalue weighted by atomic mass is 16.3. The Hall–Kier alpha value is -6.78. The Balaban J connectivity index is 1.04. The first-order chi connectivity index (χ1) is 24.8. The molecule has 0 spiro atoms. The van der Waals surface area contributed by atoms with Crippen LogP contribution in [0.3, 0.4) is 0 Å². The van der Waals surface area contributed by atoms with E-state index < -0.39 is 0 Å². The molecule has 0 aliphatic rings. The molecule has 3 aromatic heterocycles. The second kappa shape index (κ2) is 10.4. The van der Waals surface area contributed by atoms with Gasteiger partial charge in [-0.1, -0.05) is 127 Å². The van der Waals surface area contributed by atoms with E-state index in [4.69, 9.17) is 18.8 Å². The first-order valence-corrected chi connectivity index (χ1v) is 16.8. The summed E-state index contributed by atoms with van der Waals surface area (Å²) in [5.41, 5.74) is 11.3. The van der Waals surface area contributed by atoms with Crippen LogP contribution in [0.1, 0.15) is 0 Å². The summed E-state index contributed by atoms with van der Waals surface area (Å²) in [6.45, 7) is 0. The molecule has 11 rings (SSSR count). The molecule has 11 aromatic rings. The quantitative estimate of drug-likeness (QED) is 0.181. The van der Waals surface area contributed by atoms with Crippen LogP contribution in [-0.4, -0.2) is 9.97 Å². The van der Waals surface area contributed by atoms with Gasteiger partial charge in [-0.15, -0.1) is 0 Å². The molecule has 4 nitrogen and oxygen atoms in total. The first kappa shape index (κ1) is 27.2. The number of hydrogen-bond donors (Lipinski definition) is 0. The van der Waals surface area contributed by atoms with Gasteiger partial charge in [-0.25, -0.2) is 4.98 Å². The monoisotopic (exact) mass is 638 g/mol. The third kappa shape index (κ3) is 3.93. The average Bonchev–Trinajstić information content (AvgIpc) is 3.75. The van der Waals surface area contributed by atoms with Gasteiger partial charge in [0.1, 0.15) is 22.3 Å². The Morgan fingerprint density at radius 1 is 0.360 bits per heavy atom. The number of rotatable bonds is 3. The van der Waals surface area contributed by atoms with Crippen molar-refractivity contribution in [1.82, 2.24) is 9.97 Å². The van der Waals surface area contributed by atoms with Gasteiger partial charge in [-0.3, -0.25) is 4.98 Å². The van der Waals surface area contributed by atoms with E-state index in [1.807, 2.05) is 30.5 Å². The number of para-hydroxylation sites is 2. The molecule has 0 bridgehead atoms. The third-order valence-electron chi connectivity index (χ3n) is 10.1. The van der Waals surface area contributed by atoms with Crippen molar-refractivity contribution in [2.24, 2.45) is 0 Å². The van der Waals surface area contributed by atoms with Crippen molar-refractivity contribution in [2.75, 3.05) is 0 Å². The lowest BCUT2D eigenvalue weighted by Gasteiger charge is -2.11. The maximum atomic E-state index is 6.56. The van der Waals surface area contributed by atoms with E-state index in [0.717, 1.165) is 99.2 Å². The van der Waals surface area contributed by atoms with Crippen LogP contribution < -0.4 is 0 Å². The van der Waals surface area contributed by atoms with Crippen molar-refractivity contribution in [1.29, 1.82) is 0 Å². The molecule has 3 heterocycles. The van der Waals surface area contributed by atoms with E-state index >= 15 is 0 Å². The van der Waals surface area contributed by atoms with Gasteiger partial charge in [0.15, 0.2) is 0 Å². The number of furan rings is 2. The van der Waals surface area contributed by atoms with Gasteiger partial charge < -0.3 is 8.83 Å². The Kier molecular flexibility index (Phi) is 5.63. The largest absolute Gasteiger partial charge is 0.455 e. The van der Waals surface area contributed by atoms with Crippen molar-refractivity contribution >= 4 is 76.5 Å². The van der Waals surface area contributed by atoms with Crippen LogP contribution in [0, 0.1) is 0 Å². The number of aromatic nitrogens is 2. The van der Waals surface area contributed by atoms with Gasteiger partial charge >= 0.3 is 0 Å². The summed E-state index contributed by atoms with van der Waals surface area (Å²) in [5, 5.41) is 8.98. The normalized spacial score (nSPS) is 12.0. The summed E-state index contributed by atoms with van der Waals surface area (Å²) in [4.78, 5) is 10.2. The van der Waals surface area contributed by atoms with Crippen LogP contribution >= 0.6 is 0 Å². The minimum Gasteiger partial charge on any atom is -0.455 e. The zero-order valence-corrected chi connectivity index (χ0v) is 26.7. The summed E-state index contributed by atoms with van der Waals surface area (Å²) in [7, 11) is 0. The van der Waals surface area contributed by atoms with Crippen LogP contribution in [-0.2, 0) is 0 Å². The van der Waals surface area contributed by atoms with E-state index in [0.29, 0.717) is 0 Å². The minimum atomic E-state index is 0.834. The molecule has 0 saturated carbocycles. The molecule has 232 valence electrons. The van der Waals surface area contributed by atoms with Gasteiger partial charge in [0.25, 0.3) is 0 Å². The molecule has 0 aliphatic heterocycles. The van der Waals surface area contributed by atoms with Gasteiger partial charge in [0.05, 0.1) is 28.5 Å². The van der Waals surface area contributed by atoms with Gasteiger partial charge in [0, 0.05) is 37.9 Å². The van der Waals surface area contributed by atoms with Crippen LogP contribution in [0.15, 0.2) is 167 Å². The molecule has 0 atom stereocenters.